The molecule has 1 aliphatic heterocycles. The number of nitrogens with two attached hydrogens (primary N) is 1. The van der Waals surface area contributed by atoms with Gasteiger partial charge in [0.2, 0.25) is 5.91 Å². The molecular formula is C22H41N5O3. The van der Waals surface area contributed by atoms with E-state index in [1.54, 1.807) is 0 Å². The first-order chi connectivity index (χ1) is 14.7. The third-order valence-electron chi connectivity index (χ3n) is 5.44. The molecule has 0 aromatic carbocycles. The van der Waals surface area contributed by atoms with E-state index in [4.69, 9.17) is 10.5 Å². The highest BCUT2D eigenvalue weighted by molar-refractivity contribution is 5.76. The highest BCUT2D eigenvalue weighted by atomic mass is 16.5. The van der Waals surface area contributed by atoms with Crippen molar-refractivity contribution in [3.63, 3.8) is 0 Å². The Bertz CT molecular complexity index is 533. The van der Waals surface area contributed by atoms with Gasteiger partial charge >= 0.3 is 0 Å². The molecule has 1 aliphatic carbocycles. The second-order valence-corrected chi connectivity index (χ2v) is 8.03. The summed E-state index contributed by atoms with van der Waals surface area (Å²) < 4.78 is 5.52. The molecule has 5 N–H and O–H groups in total. The number of carbonyl (C=O) groups excluding carboxylic acids is 1. The molecule has 1 saturated heterocycles. The average molecular weight is 424 g/mol. The Kier molecular flexibility index (Phi) is 12.7. The van der Waals surface area contributed by atoms with Gasteiger partial charge in [0, 0.05) is 45.7 Å². The van der Waals surface area contributed by atoms with Crippen LogP contribution in [0.15, 0.2) is 24.0 Å². The molecule has 0 radical (unpaired) electrons. The van der Waals surface area contributed by atoms with Crippen LogP contribution in [0.4, 0.5) is 0 Å². The van der Waals surface area contributed by atoms with E-state index in [1.165, 1.54) is 0 Å². The highest BCUT2D eigenvalue weighted by Gasteiger charge is 2.15. The second-order valence-electron chi connectivity index (χ2n) is 8.03. The lowest BCUT2D eigenvalue weighted by Crippen LogP contribution is -2.47. The van der Waals surface area contributed by atoms with E-state index in [0.29, 0.717) is 13.0 Å². The molecule has 172 valence electrons. The fourth-order valence-corrected chi connectivity index (χ4v) is 3.57. The Morgan fingerprint density at radius 2 is 1.87 bits per heavy atom. The molecule has 1 atom stereocenters. The Labute approximate surface area is 181 Å². The molecule has 30 heavy (non-hydrogen) atoms. The smallest absolute Gasteiger partial charge is 0.221 e. The van der Waals surface area contributed by atoms with E-state index in [0.717, 1.165) is 83.8 Å². The summed E-state index contributed by atoms with van der Waals surface area (Å²) in [4.78, 5) is 16.9. The van der Waals surface area contributed by atoms with Gasteiger partial charge in [0.1, 0.15) is 18.5 Å². The van der Waals surface area contributed by atoms with Crippen molar-refractivity contribution in [1.82, 2.24) is 20.4 Å². The SMILES string of the molecule is NCCCN1CCN(CCCNCCC(=O)NCC(O)COC2=CCCC=C2)CC1. The average Bonchev–Trinajstić information content (AvgIpc) is 2.78. The lowest BCUT2D eigenvalue weighted by atomic mass is 10.2. The predicted octanol–water partition coefficient (Wildman–Crippen LogP) is 0.0502. The number of allylic oxidation sites excluding steroid dienone is 3. The fourth-order valence-electron chi connectivity index (χ4n) is 3.57. The lowest BCUT2D eigenvalue weighted by molar-refractivity contribution is -0.121. The Morgan fingerprint density at radius 3 is 2.53 bits per heavy atom. The standard InChI is InChI=1S/C22H41N5O3/c23-9-4-12-26-14-16-27(17-15-26)13-5-10-24-11-8-22(29)25-18-20(28)19-30-21-6-2-1-3-7-21/h2,6-7,20,24,28H,1,3-5,8-19,23H2,(H,25,29). The van der Waals surface area contributed by atoms with Gasteiger partial charge in [-0.15, -0.1) is 0 Å². The summed E-state index contributed by atoms with van der Waals surface area (Å²) in [6.07, 6.45) is 9.88. The van der Waals surface area contributed by atoms with Crippen LogP contribution in [0.25, 0.3) is 0 Å². The number of nitrogens with one attached hydrogen (secondary N) is 2. The molecule has 0 aromatic rings. The molecule has 0 spiro atoms. The zero-order chi connectivity index (χ0) is 21.4. The quantitative estimate of drug-likeness (QED) is 0.276. The molecule has 1 fully saturated rings. The monoisotopic (exact) mass is 423 g/mol. The van der Waals surface area contributed by atoms with Crippen molar-refractivity contribution in [3.8, 4) is 0 Å². The van der Waals surface area contributed by atoms with Crippen LogP contribution in [-0.4, -0.2) is 99.0 Å². The largest absolute Gasteiger partial charge is 0.491 e. The molecule has 0 bridgehead atoms. The summed E-state index contributed by atoms with van der Waals surface area (Å²) in [6.45, 7) is 9.51. The number of hydrogen-bond donors (Lipinski definition) is 4. The minimum Gasteiger partial charge on any atom is -0.491 e. The molecule has 1 amide bonds. The number of ether oxygens (including phenoxy) is 1. The van der Waals surface area contributed by atoms with Crippen LogP contribution < -0.4 is 16.4 Å². The van der Waals surface area contributed by atoms with Crippen molar-refractivity contribution < 1.29 is 14.6 Å². The number of nitrogens with zero attached hydrogens (tertiary/aromatic N) is 2. The van der Waals surface area contributed by atoms with Crippen molar-refractivity contribution in [3.05, 3.63) is 24.0 Å². The first-order valence-electron chi connectivity index (χ1n) is 11.5. The number of carbonyl (C=O) groups is 1. The van der Waals surface area contributed by atoms with Crippen molar-refractivity contribution in [1.29, 1.82) is 0 Å². The molecule has 1 heterocycles. The number of rotatable bonds is 15. The molecular weight excluding hydrogens is 382 g/mol. The highest BCUT2D eigenvalue weighted by Crippen LogP contribution is 2.10. The van der Waals surface area contributed by atoms with Crippen molar-refractivity contribution in [2.75, 3.05) is 72.1 Å². The van der Waals surface area contributed by atoms with Gasteiger partial charge in [-0.3, -0.25) is 4.79 Å². The summed E-state index contributed by atoms with van der Waals surface area (Å²) in [5, 5.41) is 16.0. The van der Waals surface area contributed by atoms with Crippen LogP contribution in [-0.2, 0) is 9.53 Å². The maximum absolute atomic E-state index is 11.9. The maximum atomic E-state index is 11.9. The van der Waals surface area contributed by atoms with Crippen LogP contribution in [0.5, 0.6) is 0 Å². The van der Waals surface area contributed by atoms with Gasteiger partial charge in [-0.2, -0.15) is 0 Å². The Balaban J connectivity index is 1.39. The van der Waals surface area contributed by atoms with Gasteiger partial charge in [-0.1, -0.05) is 6.08 Å². The van der Waals surface area contributed by atoms with Gasteiger partial charge in [-0.05, 0) is 64.0 Å². The maximum Gasteiger partial charge on any atom is 0.221 e. The first-order valence-corrected chi connectivity index (χ1v) is 11.5. The molecule has 2 aliphatic rings. The van der Waals surface area contributed by atoms with Crippen molar-refractivity contribution in [2.45, 2.75) is 38.2 Å². The van der Waals surface area contributed by atoms with E-state index in [1.807, 2.05) is 12.2 Å². The summed E-state index contributed by atoms with van der Waals surface area (Å²) in [5.41, 5.74) is 5.58. The number of hydrogen-bond acceptors (Lipinski definition) is 7. The number of piperazine rings is 1. The molecule has 2 rings (SSSR count). The molecule has 8 heteroatoms. The van der Waals surface area contributed by atoms with Crippen molar-refractivity contribution >= 4 is 5.91 Å². The third-order valence-corrected chi connectivity index (χ3v) is 5.44. The van der Waals surface area contributed by atoms with E-state index in [-0.39, 0.29) is 19.1 Å². The lowest BCUT2D eigenvalue weighted by Gasteiger charge is -2.34. The summed E-state index contributed by atoms with van der Waals surface area (Å²) in [7, 11) is 0. The van der Waals surface area contributed by atoms with Crippen molar-refractivity contribution in [2.24, 2.45) is 5.73 Å². The summed E-state index contributed by atoms with van der Waals surface area (Å²) in [5.74, 6) is 0.747. The molecule has 0 saturated carbocycles. The van der Waals surface area contributed by atoms with E-state index >= 15 is 0 Å². The normalized spacial score (nSPS) is 18.8. The number of aliphatic hydroxyl groups excluding tert-OH is 1. The number of amides is 1. The summed E-state index contributed by atoms with van der Waals surface area (Å²) >= 11 is 0. The van der Waals surface area contributed by atoms with E-state index < -0.39 is 6.10 Å². The van der Waals surface area contributed by atoms with Crippen LogP contribution in [0.3, 0.4) is 0 Å². The topological polar surface area (TPSA) is 103 Å². The van der Waals surface area contributed by atoms with Gasteiger partial charge in [0.15, 0.2) is 0 Å². The Hall–Kier alpha value is -1.45. The van der Waals surface area contributed by atoms with Crippen LogP contribution in [0, 0.1) is 0 Å². The van der Waals surface area contributed by atoms with E-state index in [9.17, 15) is 9.90 Å². The third kappa shape index (κ3) is 11.1. The van der Waals surface area contributed by atoms with Gasteiger partial charge < -0.3 is 36.0 Å². The van der Waals surface area contributed by atoms with Gasteiger partial charge in [0.05, 0.1) is 0 Å². The first kappa shape index (κ1) is 24.8. The minimum absolute atomic E-state index is 0.0491. The van der Waals surface area contributed by atoms with Gasteiger partial charge in [0.25, 0.3) is 0 Å². The van der Waals surface area contributed by atoms with Crippen LogP contribution >= 0.6 is 0 Å². The zero-order valence-corrected chi connectivity index (χ0v) is 18.4. The Morgan fingerprint density at radius 1 is 1.13 bits per heavy atom. The fraction of sp³-hybridized carbons (Fsp3) is 0.773. The minimum atomic E-state index is -0.700. The second kappa shape index (κ2) is 15.4. The van der Waals surface area contributed by atoms with Gasteiger partial charge in [-0.25, -0.2) is 0 Å². The van der Waals surface area contributed by atoms with E-state index in [2.05, 4.69) is 26.5 Å². The molecule has 8 nitrogen and oxygen atoms in total. The van der Waals surface area contributed by atoms with Crippen LogP contribution in [0.1, 0.15) is 32.1 Å². The molecule has 1 unspecified atom stereocenters. The van der Waals surface area contributed by atoms with Crippen LogP contribution in [0.2, 0.25) is 0 Å². The molecule has 0 aromatic heterocycles. The number of aliphatic hydroxyl groups is 1. The predicted molar refractivity (Wildman–Crippen MR) is 120 cm³/mol. The summed E-state index contributed by atoms with van der Waals surface area (Å²) in [6, 6.07) is 0. The zero-order valence-electron chi connectivity index (χ0n) is 18.4.